The molecule has 0 bridgehead atoms. The Labute approximate surface area is 194 Å². The third-order valence-electron chi connectivity index (χ3n) is 5.84. The largest absolute Gasteiger partial charge is 0.493 e. The number of hydrogen-bond acceptors (Lipinski definition) is 5. The van der Waals surface area contributed by atoms with Gasteiger partial charge in [-0.1, -0.05) is 18.5 Å². The Morgan fingerprint density at radius 2 is 1.84 bits per heavy atom. The Balaban J connectivity index is 1.37. The van der Waals surface area contributed by atoms with Crippen molar-refractivity contribution in [2.45, 2.75) is 20.3 Å². The van der Waals surface area contributed by atoms with Crippen molar-refractivity contribution in [3.63, 3.8) is 0 Å². The standard InChI is InChI=1S/C25H29ClN4O2/c1-3-29-11-13-30(14-12-29)24-16-18(2)22-17-20(6-9-23(22)28-24)27-25(31)10-15-32-21-7-4-19(26)5-8-21/h4-9,16-17H,3,10-15H2,1-2H3,(H,27,31). The lowest BCUT2D eigenvalue weighted by atomic mass is 10.1. The lowest BCUT2D eigenvalue weighted by Gasteiger charge is -2.35. The van der Waals surface area contributed by atoms with E-state index in [0.717, 1.165) is 60.7 Å². The number of carbonyl (C=O) groups excluding carboxylic acids is 1. The second kappa shape index (κ2) is 10.2. The van der Waals surface area contributed by atoms with E-state index in [2.05, 4.69) is 35.0 Å². The molecule has 1 N–H and O–H groups in total. The van der Waals surface area contributed by atoms with Crippen molar-refractivity contribution < 1.29 is 9.53 Å². The van der Waals surface area contributed by atoms with Crippen LogP contribution in [0, 0.1) is 6.92 Å². The predicted molar refractivity (Wildman–Crippen MR) is 131 cm³/mol. The molecule has 1 saturated heterocycles. The van der Waals surface area contributed by atoms with Crippen molar-refractivity contribution in [1.82, 2.24) is 9.88 Å². The number of likely N-dealkylation sites (N-methyl/N-ethyl adjacent to an activating group) is 1. The number of amides is 1. The summed E-state index contributed by atoms with van der Waals surface area (Å²) in [5.74, 6) is 1.64. The van der Waals surface area contributed by atoms with Crippen LogP contribution in [-0.4, -0.2) is 55.1 Å². The van der Waals surface area contributed by atoms with E-state index in [0.29, 0.717) is 17.4 Å². The van der Waals surface area contributed by atoms with E-state index in [1.165, 1.54) is 0 Å². The van der Waals surface area contributed by atoms with E-state index >= 15 is 0 Å². The molecule has 0 aliphatic carbocycles. The van der Waals surface area contributed by atoms with Gasteiger partial charge in [0.15, 0.2) is 0 Å². The lowest BCUT2D eigenvalue weighted by molar-refractivity contribution is -0.116. The Hall–Kier alpha value is -2.83. The Morgan fingerprint density at radius 1 is 1.09 bits per heavy atom. The smallest absolute Gasteiger partial charge is 0.227 e. The molecule has 6 nitrogen and oxygen atoms in total. The normalized spacial score (nSPS) is 14.5. The van der Waals surface area contributed by atoms with Crippen LogP contribution < -0.4 is 15.0 Å². The summed E-state index contributed by atoms with van der Waals surface area (Å²) < 4.78 is 5.61. The van der Waals surface area contributed by atoms with Crippen molar-refractivity contribution in [3.8, 4) is 5.75 Å². The van der Waals surface area contributed by atoms with E-state index in [9.17, 15) is 4.79 Å². The van der Waals surface area contributed by atoms with Crippen LogP contribution in [0.25, 0.3) is 10.9 Å². The fourth-order valence-electron chi connectivity index (χ4n) is 3.93. The van der Waals surface area contributed by atoms with Gasteiger partial charge >= 0.3 is 0 Å². The summed E-state index contributed by atoms with van der Waals surface area (Å²) >= 11 is 5.87. The molecule has 0 radical (unpaired) electrons. The highest BCUT2D eigenvalue weighted by Crippen LogP contribution is 2.26. The molecule has 2 aromatic carbocycles. The second-order valence-corrected chi connectivity index (χ2v) is 8.49. The van der Waals surface area contributed by atoms with E-state index in [1.54, 1.807) is 24.3 Å². The molecule has 1 aliphatic heterocycles. The van der Waals surface area contributed by atoms with Gasteiger partial charge in [0.2, 0.25) is 5.91 Å². The predicted octanol–water partition coefficient (Wildman–Crippen LogP) is 4.75. The Bertz CT molecular complexity index is 1080. The van der Waals surface area contributed by atoms with E-state index in [1.807, 2.05) is 18.2 Å². The molecule has 4 rings (SSSR count). The molecule has 7 heteroatoms. The second-order valence-electron chi connectivity index (χ2n) is 8.05. The van der Waals surface area contributed by atoms with Crippen molar-refractivity contribution in [2.24, 2.45) is 0 Å². The fraction of sp³-hybridized carbons (Fsp3) is 0.360. The number of rotatable bonds is 7. The number of benzene rings is 2. The number of fused-ring (bicyclic) bond motifs is 1. The molecule has 32 heavy (non-hydrogen) atoms. The van der Waals surface area contributed by atoms with E-state index in [4.69, 9.17) is 21.3 Å². The molecule has 1 amide bonds. The number of hydrogen-bond donors (Lipinski definition) is 1. The van der Waals surface area contributed by atoms with Gasteiger partial charge in [0.25, 0.3) is 0 Å². The van der Waals surface area contributed by atoms with Gasteiger partial charge in [0.1, 0.15) is 11.6 Å². The first-order valence-corrected chi connectivity index (χ1v) is 11.5. The molecular weight excluding hydrogens is 424 g/mol. The third-order valence-corrected chi connectivity index (χ3v) is 6.09. The highest BCUT2D eigenvalue weighted by atomic mass is 35.5. The highest BCUT2D eigenvalue weighted by molar-refractivity contribution is 6.30. The number of nitrogens with zero attached hydrogens (tertiary/aromatic N) is 3. The highest BCUT2D eigenvalue weighted by Gasteiger charge is 2.18. The van der Waals surface area contributed by atoms with Gasteiger partial charge < -0.3 is 19.9 Å². The minimum Gasteiger partial charge on any atom is -0.493 e. The zero-order chi connectivity index (χ0) is 22.5. The summed E-state index contributed by atoms with van der Waals surface area (Å²) in [7, 11) is 0. The summed E-state index contributed by atoms with van der Waals surface area (Å²) in [6, 6.07) is 15.1. The maximum absolute atomic E-state index is 12.4. The van der Waals surface area contributed by atoms with Gasteiger partial charge in [-0.15, -0.1) is 0 Å². The Morgan fingerprint density at radius 3 is 2.56 bits per heavy atom. The van der Waals surface area contributed by atoms with E-state index < -0.39 is 0 Å². The van der Waals surface area contributed by atoms with Crippen molar-refractivity contribution in [2.75, 3.05) is 49.5 Å². The lowest BCUT2D eigenvalue weighted by Crippen LogP contribution is -2.46. The zero-order valence-corrected chi connectivity index (χ0v) is 19.4. The summed E-state index contributed by atoms with van der Waals surface area (Å²) in [6.07, 6.45) is 0.264. The SMILES string of the molecule is CCN1CCN(c2cc(C)c3cc(NC(=O)CCOc4ccc(Cl)cc4)ccc3n2)CC1. The first-order valence-electron chi connectivity index (χ1n) is 11.1. The summed E-state index contributed by atoms with van der Waals surface area (Å²) in [5, 5.41) is 4.67. The molecule has 1 fully saturated rings. The average Bonchev–Trinajstić information content (AvgIpc) is 2.81. The number of pyridine rings is 1. The molecule has 1 aliphatic rings. The van der Waals surface area contributed by atoms with Crippen molar-refractivity contribution >= 4 is 39.9 Å². The number of carbonyl (C=O) groups is 1. The molecule has 3 aromatic rings. The summed E-state index contributed by atoms with van der Waals surface area (Å²) in [4.78, 5) is 22.1. The molecule has 0 unspecified atom stereocenters. The van der Waals surface area contributed by atoms with Crippen molar-refractivity contribution in [3.05, 3.63) is 59.1 Å². The van der Waals surface area contributed by atoms with Crippen LogP contribution in [0.5, 0.6) is 5.75 Å². The zero-order valence-electron chi connectivity index (χ0n) is 18.6. The number of ether oxygens (including phenoxy) is 1. The molecule has 0 atom stereocenters. The minimum atomic E-state index is -0.0886. The third kappa shape index (κ3) is 5.50. The number of nitrogens with one attached hydrogen (secondary N) is 1. The van der Waals surface area contributed by atoms with Gasteiger partial charge in [-0.25, -0.2) is 4.98 Å². The van der Waals surface area contributed by atoms with E-state index in [-0.39, 0.29) is 12.3 Å². The summed E-state index contributed by atoms with van der Waals surface area (Å²) in [6.45, 7) is 9.84. The van der Waals surface area contributed by atoms with Crippen LogP contribution in [0.2, 0.25) is 5.02 Å². The number of aryl methyl sites for hydroxylation is 1. The topological polar surface area (TPSA) is 57.7 Å². The quantitative estimate of drug-likeness (QED) is 0.560. The number of piperazine rings is 1. The maximum atomic E-state index is 12.4. The number of halogens is 1. The van der Waals surface area contributed by atoms with Gasteiger partial charge in [-0.3, -0.25) is 4.79 Å². The van der Waals surface area contributed by atoms with Gasteiger partial charge in [0.05, 0.1) is 18.5 Å². The average molecular weight is 453 g/mol. The van der Waals surface area contributed by atoms with Gasteiger partial charge in [-0.2, -0.15) is 0 Å². The van der Waals surface area contributed by atoms with Gasteiger partial charge in [0, 0.05) is 42.3 Å². The monoisotopic (exact) mass is 452 g/mol. The van der Waals surface area contributed by atoms with Crippen LogP contribution in [0.4, 0.5) is 11.5 Å². The first kappa shape index (κ1) is 22.4. The molecule has 1 aromatic heterocycles. The van der Waals surface area contributed by atoms with Gasteiger partial charge in [-0.05, 0) is 67.6 Å². The molecule has 2 heterocycles. The molecule has 0 saturated carbocycles. The fourth-order valence-corrected chi connectivity index (χ4v) is 4.05. The first-order chi connectivity index (χ1) is 15.5. The molecule has 168 valence electrons. The van der Waals surface area contributed by atoms with Crippen LogP contribution in [0.3, 0.4) is 0 Å². The van der Waals surface area contributed by atoms with Crippen LogP contribution >= 0.6 is 11.6 Å². The van der Waals surface area contributed by atoms with Crippen molar-refractivity contribution in [1.29, 1.82) is 0 Å². The maximum Gasteiger partial charge on any atom is 0.227 e. The molecule has 0 spiro atoms. The summed E-state index contributed by atoms with van der Waals surface area (Å²) in [5.41, 5.74) is 2.87. The minimum absolute atomic E-state index is 0.0886. The number of anilines is 2. The van der Waals surface area contributed by atoms with Crippen LogP contribution in [0.15, 0.2) is 48.5 Å². The Kier molecular flexibility index (Phi) is 7.12. The number of aromatic nitrogens is 1. The van der Waals surface area contributed by atoms with Crippen LogP contribution in [-0.2, 0) is 4.79 Å². The van der Waals surface area contributed by atoms with Crippen LogP contribution in [0.1, 0.15) is 18.9 Å². The molecular formula is C25H29ClN4O2.